The molecule has 5 nitrogen and oxygen atoms in total. The summed E-state index contributed by atoms with van der Waals surface area (Å²) in [7, 11) is 0. The van der Waals surface area contributed by atoms with Crippen LogP contribution in [-0.2, 0) is 9.59 Å². The average molecular weight is 370 g/mol. The Hall–Kier alpha value is -1.66. The fourth-order valence-electron chi connectivity index (χ4n) is 3.94. The predicted octanol–water partition coefficient (Wildman–Crippen LogP) is 1.88. The number of carbonyl (C=O) groups excluding carboxylic acids is 2. The largest absolute Gasteiger partial charge is 0.356 e. The van der Waals surface area contributed by atoms with Gasteiger partial charge in [0.2, 0.25) is 11.8 Å². The zero-order chi connectivity index (χ0) is 17.1. The van der Waals surface area contributed by atoms with E-state index in [1.54, 1.807) is 12.1 Å². The highest BCUT2D eigenvalue weighted by molar-refractivity contribution is 5.85. The highest BCUT2D eigenvalue weighted by Gasteiger charge is 2.46. The molecule has 0 unspecified atom stereocenters. The molecule has 2 heterocycles. The lowest BCUT2D eigenvalue weighted by Crippen LogP contribution is -2.35. The minimum absolute atomic E-state index is 0. The van der Waals surface area contributed by atoms with Crippen molar-refractivity contribution in [2.24, 2.45) is 11.8 Å². The third-order valence-electron chi connectivity index (χ3n) is 5.02. The molecule has 138 valence electrons. The first-order valence-electron chi connectivity index (χ1n) is 8.56. The Morgan fingerprint density at radius 2 is 2.16 bits per heavy atom. The van der Waals surface area contributed by atoms with Crippen LogP contribution < -0.4 is 10.6 Å². The molecule has 0 aromatic heterocycles. The Labute approximate surface area is 153 Å². The van der Waals surface area contributed by atoms with Gasteiger partial charge >= 0.3 is 0 Å². The number of carbonyl (C=O) groups is 2. The molecule has 1 aromatic rings. The zero-order valence-electron chi connectivity index (χ0n) is 14.3. The fourth-order valence-corrected chi connectivity index (χ4v) is 3.94. The summed E-state index contributed by atoms with van der Waals surface area (Å²) < 4.78 is 13.7. The molecule has 0 bridgehead atoms. The van der Waals surface area contributed by atoms with Gasteiger partial charge in [-0.1, -0.05) is 12.1 Å². The molecule has 7 heteroatoms. The van der Waals surface area contributed by atoms with Crippen molar-refractivity contribution < 1.29 is 14.0 Å². The normalized spacial score (nSPS) is 24.6. The molecule has 0 spiro atoms. The molecular formula is C18H25ClFN3O2. The van der Waals surface area contributed by atoms with Crippen molar-refractivity contribution in [3.63, 3.8) is 0 Å². The van der Waals surface area contributed by atoms with Gasteiger partial charge in [0.1, 0.15) is 5.82 Å². The van der Waals surface area contributed by atoms with Crippen LogP contribution in [0.4, 0.5) is 4.39 Å². The number of nitrogens with one attached hydrogen (secondary N) is 2. The molecule has 2 aliphatic rings. The average Bonchev–Trinajstić information content (AvgIpc) is 3.11. The van der Waals surface area contributed by atoms with Crippen molar-refractivity contribution >= 4 is 24.2 Å². The van der Waals surface area contributed by atoms with Gasteiger partial charge in [0.25, 0.3) is 0 Å². The first-order chi connectivity index (χ1) is 11.6. The molecule has 0 radical (unpaired) electrons. The van der Waals surface area contributed by atoms with Crippen LogP contribution in [-0.4, -0.2) is 42.9 Å². The van der Waals surface area contributed by atoms with E-state index in [4.69, 9.17) is 0 Å². The lowest BCUT2D eigenvalue weighted by Gasteiger charge is -2.28. The van der Waals surface area contributed by atoms with Gasteiger partial charge in [-0.2, -0.15) is 0 Å². The van der Waals surface area contributed by atoms with Gasteiger partial charge in [-0.25, -0.2) is 4.39 Å². The van der Waals surface area contributed by atoms with Crippen molar-refractivity contribution in [2.45, 2.75) is 25.8 Å². The van der Waals surface area contributed by atoms with Gasteiger partial charge in [0.15, 0.2) is 0 Å². The standard InChI is InChI=1S/C18H24FN3O2.ClH/c1-12(23)21-7-3-6-17(24)22-11-14-9-20-10-16(14)18(22)13-4-2-5-15(19)8-13;/h2,4-5,8,14,16,18,20H,3,6-7,9-11H2,1H3,(H,21,23);1H/t14-,16-,18+;/m0./s1. The third-order valence-corrected chi connectivity index (χ3v) is 5.02. The number of rotatable bonds is 5. The van der Waals surface area contributed by atoms with E-state index in [1.165, 1.54) is 13.0 Å². The summed E-state index contributed by atoms with van der Waals surface area (Å²) in [6.45, 7) is 4.47. The van der Waals surface area contributed by atoms with Crippen molar-refractivity contribution in [1.82, 2.24) is 15.5 Å². The molecule has 2 aliphatic heterocycles. The molecule has 3 rings (SSSR count). The van der Waals surface area contributed by atoms with Gasteiger partial charge in [0, 0.05) is 45.4 Å². The molecular weight excluding hydrogens is 345 g/mol. The topological polar surface area (TPSA) is 61.4 Å². The second kappa shape index (κ2) is 8.63. The van der Waals surface area contributed by atoms with Crippen LogP contribution in [0.1, 0.15) is 31.4 Å². The zero-order valence-corrected chi connectivity index (χ0v) is 15.2. The first-order valence-corrected chi connectivity index (χ1v) is 8.56. The van der Waals surface area contributed by atoms with E-state index in [9.17, 15) is 14.0 Å². The number of hydrogen-bond donors (Lipinski definition) is 2. The molecule has 25 heavy (non-hydrogen) atoms. The van der Waals surface area contributed by atoms with Crippen molar-refractivity contribution in [3.05, 3.63) is 35.6 Å². The summed E-state index contributed by atoms with van der Waals surface area (Å²) in [5.74, 6) is 0.509. The van der Waals surface area contributed by atoms with E-state index in [2.05, 4.69) is 10.6 Å². The number of fused-ring (bicyclic) bond motifs is 1. The van der Waals surface area contributed by atoms with Crippen LogP contribution in [0.3, 0.4) is 0 Å². The summed E-state index contributed by atoms with van der Waals surface area (Å²) >= 11 is 0. The molecule has 3 atom stereocenters. The smallest absolute Gasteiger partial charge is 0.223 e. The Morgan fingerprint density at radius 1 is 1.36 bits per heavy atom. The van der Waals surface area contributed by atoms with Gasteiger partial charge in [-0.15, -0.1) is 12.4 Å². The van der Waals surface area contributed by atoms with E-state index in [0.717, 1.165) is 25.2 Å². The van der Waals surface area contributed by atoms with Crippen molar-refractivity contribution in [1.29, 1.82) is 0 Å². The summed E-state index contributed by atoms with van der Waals surface area (Å²) in [4.78, 5) is 25.5. The van der Waals surface area contributed by atoms with Crippen LogP contribution in [0.15, 0.2) is 24.3 Å². The number of nitrogens with zero attached hydrogens (tertiary/aromatic N) is 1. The Kier molecular flexibility index (Phi) is 6.79. The number of halogens is 2. The lowest BCUT2D eigenvalue weighted by atomic mass is 9.89. The van der Waals surface area contributed by atoms with E-state index < -0.39 is 0 Å². The van der Waals surface area contributed by atoms with E-state index >= 15 is 0 Å². The summed E-state index contributed by atoms with van der Waals surface area (Å²) in [5.41, 5.74) is 0.876. The third kappa shape index (κ3) is 4.50. The van der Waals surface area contributed by atoms with E-state index in [1.807, 2.05) is 11.0 Å². The van der Waals surface area contributed by atoms with Gasteiger partial charge in [-0.05, 0) is 30.0 Å². The second-order valence-corrected chi connectivity index (χ2v) is 6.71. The maximum atomic E-state index is 13.7. The van der Waals surface area contributed by atoms with Crippen LogP contribution >= 0.6 is 12.4 Å². The summed E-state index contributed by atoms with van der Waals surface area (Å²) in [5, 5.41) is 6.10. The predicted molar refractivity (Wildman–Crippen MR) is 95.9 cm³/mol. The maximum Gasteiger partial charge on any atom is 0.223 e. The molecule has 2 amide bonds. The number of hydrogen-bond acceptors (Lipinski definition) is 3. The van der Waals surface area contributed by atoms with Crippen molar-refractivity contribution in [2.75, 3.05) is 26.2 Å². The van der Waals surface area contributed by atoms with E-state index in [-0.39, 0.29) is 36.1 Å². The molecule has 1 aromatic carbocycles. The maximum absolute atomic E-state index is 13.7. The Bertz CT molecular complexity index is 628. The molecule has 2 saturated heterocycles. The minimum atomic E-state index is -0.264. The van der Waals surface area contributed by atoms with Crippen molar-refractivity contribution in [3.8, 4) is 0 Å². The summed E-state index contributed by atoms with van der Waals surface area (Å²) in [6.07, 6.45) is 1.03. The summed E-state index contributed by atoms with van der Waals surface area (Å²) in [6, 6.07) is 6.53. The number of benzene rings is 1. The van der Waals surface area contributed by atoms with Crippen LogP contribution in [0.5, 0.6) is 0 Å². The minimum Gasteiger partial charge on any atom is -0.356 e. The fraction of sp³-hybridized carbons (Fsp3) is 0.556. The number of amides is 2. The van der Waals surface area contributed by atoms with Crippen LogP contribution in [0.2, 0.25) is 0 Å². The molecule has 2 N–H and O–H groups in total. The van der Waals surface area contributed by atoms with Crippen LogP contribution in [0, 0.1) is 17.7 Å². The SMILES string of the molecule is CC(=O)NCCCC(=O)N1C[C@@H]2CNC[C@@H]2[C@H]1c1cccc(F)c1.Cl. The molecule has 2 fully saturated rings. The molecule has 0 aliphatic carbocycles. The Balaban J connectivity index is 0.00000225. The number of likely N-dealkylation sites (tertiary alicyclic amines) is 1. The van der Waals surface area contributed by atoms with Gasteiger partial charge in [-0.3, -0.25) is 9.59 Å². The van der Waals surface area contributed by atoms with E-state index in [0.29, 0.717) is 31.2 Å². The van der Waals surface area contributed by atoms with Gasteiger partial charge in [0.05, 0.1) is 6.04 Å². The van der Waals surface area contributed by atoms with Gasteiger partial charge < -0.3 is 15.5 Å². The lowest BCUT2D eigenvalue weighted by molar-refractivity contribution is -0.133. The Morgan fingerprint density at radius 3 is 2.88 bits per heavy atom. The van der Waals surface area contributed by atoms with Crippen LogP contribution in [0.25, 0.3) is 0 Å². The second-order valence-electron chi connectivity index (χ2n) is 6.71. The molecule has 0 saturated carbocycles. The highest BCUT2D eigenvalue weighted by Crippen LogP contribution is 2.43. The monoisotopic (exact) mass is 369 g/mol. The quantitative estimate of drug-likeness (QED) is 0.779. The first kappa shape index (κ1) is 19.7. The highest BCUT2D eigenvalue weighted by atomic mass is 35.5.